The van der Waals surface area contributed by atoms with Crippen LogP contribution in [0.3, 0.4) is 0 Å². The number of hydrogen-bond acceptors (Lipinski definition) is 4. The second kappa shape index (κ2) is 6.10. The van der Waals surface area contributed by atoms with Crippen LogP contribution in [0, 0.1) is 6.92 Å². The standard InChI is InChI=1S/C16H17NO3/c1-11-3-5-12(6-4-11)10-20-16(18)14-9-13(19-2)7-8-15(14)17/h3-9H,10,17H2,1-2H3. The summed E-state index contributed by atoms with van der Waals surface area (Å²) in [7, 11) is 1.53. The van der Waals surface area contributed by atoms with E-state index in [0.717, 1.165) is 11.1 Å². The van der Waals surface area contributed by atoms with Crippen molar-refractivity contribution in [2.45, 2.75) is 13.5 Å². The number of benzene rings is 2. The molecule has 20 heavy (non-hydrogen) atoms. The van der Waals surface area contributed by atoms with Gasteiger partial charge in [0.15, 0.2) is 0 Å². The van der Waals surface area contributed by atoms with Gasteiger partial charge in [-0.25, -0.2) is 4.79 Å². The third-order valence-corrected chi connectivity index (χ3v) is 2.97. The van der Waals surface area contributed by atoms with Gasteiger partial charge in [0.25, 0.3) is 0 Å². The molecule has 2 rings (SSSR count). The normalized spacial score (nSPS) is 10.1. The van der Waals surface area contributed by atoms with E-state index in [1.54, 1.807) is 18.2 Å². The van der Waals surface area contributed by atoms with Crippen molar-refractivity contribution in [2.24, 2.45) is 0 Å². The molecule has 4 heteroatoms. The van der Waals surface area contributed by atoms with Crippen LogP contribution >= 0.6 is 0 Å². The second-order valence-corrected chi connectivity index (χ2v) is 4.51. The van der Waals surface area contributed by atoms with Crippen LogP contribution in [-0.4, -0.2) is 13.1 Å². The number of ether oxygens (including phenoxy) is 2. The van der Waals surface area contributed by atoms with Gasteiger partial charge in [0.1, 0.15) is 12.4 Å². The highest BCUT2D eigenvalue weighted by molar-refractivity contribution is 5.95. The van der Waals surface area contributed by atoms with E-state index >= 15 is 0 Å². The topological polar surface area (TPSA) is 61.5 Å². The molecule has 0 radical (unpaired) electrons. The van der Waals surface area contributed by atoms with Crippen LogP contribution in [-0.2, 0) is 11.3 Å². The SMILES string of the molecule is COc1ccc(N)c(C(=O)OCc2ccc(C)cc2)c1. The lowest BCUT2D eigenvalue weighted by atomic mass is 10.1. The van der Waals surface area contributed by atoms with Gasteiger partial charge in [-0.3, -0.25) is 0 Å². The Labute approximate surface area is 118 Å². The average molecular weight is 271 g/mol. The molecule has 0 heterocycles. The number of methoxy groups -OCH3 is 1. The number of carbonyl (C=O) groups excluding carboxylic acids is 1. The summed E-state index contributed by atoms with van der Waals surface area (Å²) in [6.45, 7) is 2.22. The van der Waals surface area contributed by atoms with E-state index in [1.807, 2.05) is 31.2 Å². The Morgan fingerprint density at radius 1 is 1.15 bits per heavy atom. The maximum absolute atomic E-state index is 12.0. The molecule has 0 aliphatic rings. The Morgan fingerprint density at radius 3 is 2.50 bits per heavy atom. The van der Waals surface area contributed by atoms with Crippen LogP contribution in [0.5, 0.6) is 5.75 Å². The third kappa shape index (κ3) is 3.29. The number of aryl methyl sites for hydroxylation is 1. The summed E-state index contributed by atoms with van der Waals surface area (Å²) >= 11 is 0. The van der Waals surface area contributed by atoms with E-state index in [-0.39, 0.29) is 6.61 Å². The van der Waals surface area contributed by atoms with Gasteiger partial charge in [0.05, 0.1) is 12.7 Å². The summed E-state index contributed by atoms with van der Waals surface area (Å²) < 4.78 is 10.3. The Bertz CT molecular complexity index is 606. The molecule has 0 saturated heterocycles. The van der Waals surface area contributed by atoms with E-state index in [4.69, 9.17) is 15.2 Å². The van der Waals surface area contributed by atoms with E-state index in [0.29, 0.717) is 17.0 Å². The summed E-state index contributed by atoms with van der Waals surface area (Å²) in [4.78, 5) is 12.0. The maximum atomic E-state index is 12.0. The van der Waals surface area contributed by atoms with Gasteiger partial charge in [-0.15, -0.1) is 0 Å². The fourth-order valence-corrected chi connectivity index (χ4v) is 1.75. The Morgan fingerprint density at radius 2 is 1.85 bits per heavy atom. The molecule has 0 fully saturated rings. The molecule has 0 bridgehead atoms. The van der Waals surface area contributed by atoms with Crippen molar-refractivity contribution in [2.75, 3.05) is 12.8 Å². The third-order valence-electron chi connectivity index (χ3n) is 2.97. The average Bonchev–Trinajstić information content (AvgIpc) is 2.47. The highest BCUT2D eigenvalue weighted by atomic mass is 16.5. The maximum Gasteiger partial charge on any atom is 0.340 e. The van der Waals surface area contributed by atoms with Crippen LogP contribution in [0.25, 0.3) is 0 Å². The van der Waals surface area contributed by atoms with Gasteiger partial charge in [-0.2, -0.15) is 0 Å². The van der Waals surface area contributed by atoms with Crippen molar-refractivity contribution in [1.82, 2.24) is 0 Å². The molecule has 0 amide bonds. The molecule has 0 aliphatic carbocycles. The fourth-order valence-electron chi connectivity index (χ4n) is 1.75. The van der Waals surface area contributed by atoms with Crippen LogP contribution in [0.4, 0.5) is 5.69 Å². The molecule has 2 N–H and O–H groups in total. The number of anilines is 1. The summed E-state index contributed by atoms with van der Waals surface area (Å²) in [5.74, 6) is 0.114. The monoisotopic (exact) mass is 271 g/mol. The predicted octanol–water partition coefficient (Wildman–Crippen LogP) is 2.94. The summed E-state index contributed by atoms with van der Waals surface area (Å²) in [5.41, 5.74) is 8.57. The highest BCUT2D eigenvalue weighted by Gasteiger charge is 2.12. The zero-order chi connectivity index (χ0) is 14.5. The number of esters is 1. The Hall–Kier alpha value is -2.49. The molecule has 104 valence electrons. The van der Waals surface area contributed by atoms with Crippen molar-refractivity contribution < 1.29 is 14.3 Å². The Balaban J connectivity index is 2.06. The first-order chi connectivity index (χ1) is 9.60. The molecular weight excluding hydrogens is 254 g/mol. The molecule has 0 saturated carbocycles. The fraction of sp³-hybridized carbons (Fsp3) is 0.188. The lowest BCUT2D eigenvalue weighted by molar-refractivity contribution is 0.0473. The van der Waals surface area contributed by atoms with Crippen molar-refractivity contribution >= 4 is 11.7 Å². The molecule has 2 aromatic rings. The number of nitrogens with two attached hydrogens (primary N) is 1. The molecule has 2 aromatic carbocycles. The molecule has 0 spiro atoms. The Kier molecular flexibility index (Phi) is 4.25. The minimum Gasteiger partial charge on any atom is -0.497 e. The number of hydrogen-bond donors (Lipinski definition) is 1. The van der Waals surface area contributed by atoms with E-state index in [9.17, 15) is 4.79 Å². The first kappa shape index (κ1) is 13.9. The smallest absolute Gasteiger partial charge is 0.340 e. The lowest BCUT2D eigenvalue weighted by Crippen LogP contribution is -2.08. The molecular formula is C16H17NO3. The van der Waals surface area contributed by atoms with Crippen molar-refractivity contribution in [3.8, 4) is 5.75 Å². The molecule has 0 unspecified atom stereocenters. The number of rotatable bonds is 4. The van der Waals surface area contributed by atoms with E-state index in [2.05, 4.69) is 0 Å². The van der Waals surface area contributed by atoms with Crippen molar-refractivity contribution in [3.05, 3.63) is 59.2 Å². The zero-order valence-corrected chi connectivity index (χ0v) is 11.6. The van der Waals surface area contributed by atoms with Crippen LogP contribution in [0.15, 0.2) is 42.5 Å². The minimum atomic E-state index is -0.457. The number of nitrogen functional groups attached to an aromatic ring is 1. The van der Waals surface area contributed by atoms with Crippen LogP contribution in [0.2, 0.25) is 0 Å². The molecule has 0 atom stereocenters. The quantitative estimate of drug-likeness (QED) is 0.686. The van der Waals surface area contributed by atoms with Gasteiger partial charge in [0, 0.05) is 5.69 Å². The van der Waals surface area contributed by atoms with Gasteiger partial charge in [-0.1, -0.05) is 29.8 Å². The molecule has 0 aromatic heterocycles. The van der Waals surface area contributed by atoms with E-state index < -0.39 is 5.97 Å². The first-order valence-corrected chi connectivity index (χ1v) is 6.26. The van der Waals surface area contributed by atoms with E-state index in [1.165, 1.54) is 7.11 Å². The molecule has 4 nitrogen and oxygen atoms in total. The first-order valence-electron chi connectivity index (χ1n) is 6.26. The minimum absolute atomic E-state index is 0.218. The van der Waals surface area contributed by atoms with Crippen molar-refractivity contribution in [1.29, 1.82) is 0 Å². The van der Waals surface area contributed by atoms with Gasteiger partial charge in [0.2, 0.25) is 0 Å². The van der Waals surface area contributed by atoms with Crippen molar-refractivity contribution in [3.63, 3.8) is 0 Å². The largest absolute Gasteiger partial charge is 0.497 e. The summed E-state index contributed by atoms with van der Waals surface area (Å²) in [6, 6.07) is 12.7. The van der Waals surface area contributed by atoms with Gasteiger partial charge >= 0.3 is 5.97 Å². The lowest BCUT2D eigenvalue weighted by Gasteiger charge is -2.09. The number of carbonyl (C=O) groups is 1. The second-order valence-electron chi connectivity index (χ2n) is 4.51. The highest BCUT2D eigenvalue weighted by Crippen LogP contribution is 2.20. The van der Waals surface area contributed by atoms with Crippen LogP contribution < -0.4 is 10.5 Å². The van der Waals surface area contributed by atoms with Gasteiger partial charge in [-0.05, 0) is 30.7 Å². The van der Waals surface area contributed by atoms with Crippen LogP contribution in [0.1, 0.15) is 21.5 Å². The predicted molar refractivity (Wildman–Crippen MR) is 77.7 cm³/mol. The summed E-state index contributed by atoms with van der Waals surface area (Å²) in [5, 5.41) is 0. The molecule has 0 aliphatic heterocycles. The van der Waals surface area contributed by atoms with Gasteiger partial charge < -0.3 is 15.2 Å². The summed E-state index contributed by atoms with van der Waals surface area (Å²) in [6.07, 6.45) is 0. The zero-order valence-electron chi connectivity index (χ0n) is 11.6.